The van der Waals surface area contributed by atoms with E-state index in [1.165, 1.54) is 0 Å². The van der Waals surface area contributed by atoms with Crippen LogP contribution in [0.15, 0.2) is 0 Å². The van der Waals surface area contributed by atoms with Gasteiger partial charge in [0.05, 0.1) is 12.0 Å². The highest BCUT2D eigenvalue weighted by atomic mass is 16.5. The van der Waals surface area contributed by atoms with E-state index in [9.17, 15) is 9.59 Å². The van der Waals surface area contributed by atoms with Gasteiger partial charge in [0.2, 0.25) is 5.91 Å². The molecule has 1 amide bonds. The molecule has 1 rings (SSSR count). The van der Waals surface area contributed by atoms with Gasteiger partial charge in [0.25, 0.3) is 0 Å². The Balaban J connectivity index is 2.12. The molecule has 4 N–H and O–H groups in total. The molecular weight excluding hydrogens is 236 g/mol. The number of carboxylic acids is 1. The molecular formula is C12H22N2O4. The van der Waals surface area contributed by atoms with Gasteiger partial charge in [0.1, 0.15) is 6.10 Å². The Kier molecular flexibility index (Phi) is 6.07. The summed E-state index contributed by atoms with van der Waals surface area (Å²) in [7, 11) is 0. The summed E-state index contributed by atoms with van der Waals surface area (Å²) in [4.78, 5) is 22.3. The molecule has 3 atom stereocenters. The van der Waals surface area contributed by atoms with E-state index in [-0.39, 0.29) is 17.9 Å². The van der Waals surface area contributed by atoms with Gasteiger partial charge in [-0.05, 0) is 25.7 Å². The zero-order chi connectivity index (χ0) is 13.5. The number of aliphatic carboxylic acids is 1. The number of hydrogen-bond donors (Lipinski definition) is 3. The van der Waals surface area contributed by atoms with Gasteiger partial charge in [-0.25, -0.2) is 0 Å². The Morgan fingerprint density at radius 3 is 2.78 bits per heavy atom. The summed E-state index contributed by atoms with van der Waals surface area (Å²) in [6, 6.07) is 0. The van der Waals surface area contributed by atoms with Crippen molar-refractivity contribution in [1.82, 2.24) is 5.32 Å². The molecule has 18 heavy (non-hydrogen) atoms. The first-order valence-electron chi connectivity index (χ1n) is 6.40. The third kappa shape index (κ3) is 4.62. The Bertz CT molecular complexity index is 296. The summed E-state index contributed by atoms with van der Waals surface area (Å²) in [6.07, 6.45) is 2.35. The van der Waals surface area contributed by atoms with E-state index in [4.69, 9.17) is 15.6 Å². The summed E-state index contributed by atoms with van der Waals surface area (Å²) in [6.45, 7) is 2.60. The molecule has 0 aromatic rings. The number of carbonyl (C=O) groups is 2. The predicted molar refractivity (Wildman–Crippen MR) is 66.0 cm³/mol. The monoisotopic (exact) mass is 258 g/mol. The maximum atomic E-state index is 11.7. The van der Waals surface area contributed by atoms with Gasteiger partial charge in [-0.1, -0.05) is 6.92 Å². The van der Waals surface area contributed by atoms with Gasteiger partial charge in [-0.2, -0.15) is 0 Å². The summed E-state index contributed by atoms with van der Waals surface area (Å²) in [5.74, 6) is -1.29. The minimum atomic E-state index is -0.800. The number of rotatable bonds is 7. The fraction of sp³-hybridized carbons (Fsp3) is 0.833. The number of ether oxygens (including phenoxy) is 1. The van der Waals surface area contributed by atoms with Crippen LogP contribution in [0.3, 0.4) is 0 Å². The van der Waals surface area contributed by atoms with Crippen LogP contribution < -0.4 is 11.1 Å². The largest absolute Gasteiger partial charge is 0.481 e. The lowest BCUT2D eigenvalue weighted by atomic mass is 10.1. The van der Waals surface area contributed by atoms with E-state index in [2.05, 4.69) is 5.32 Å². The van der Waals surface area contributed by atoms with Crippen molar-refractivity contribution < 1.29 is 19.4 Å². The Labute approximate surface area is 107 Å². The molecule has 104 valence electrons. The molecule has 1 aliphatic heterocycles. The second kappa shape index (κ2) is 7.33. The van der Waals surface area contributed by atoms with Crippen LogP contribution in [0.2, 0.25) is 0 Å². The van der Waals surface area contributed by atoms with Crippen LogP contribution >= 0.6 is 0 Å². The Morgan fingerprint density at radius 1 is 1.50 bits per heavy atom. The molecule has 0 aromatic carbocycles. The molecule has 0 aromatic heterocycles. The maximum Gasteiger partial charge on any atom is 0.306 e. The van der Waals surface area contributed by atoms with E-state index in [1.807, 2.05) is 0 Å². The fourth-order valence-electron chi connectivity index (χ4n) is 1.93. The highest BCUT2D eigenvalue weighted by Gasteiger charge is 2.29. The van der Waals surface area contributed by atoms with Crippen LogP contribution in [0, 0.1) is 5.92 Å². The number of carbonyl (C=O) groups excluding carboxylic acids is 1. The van der Waals surface area contributed by atoms with E-state index >= 15 is 0 Å². The highest BCUT2D eigenvalue weighted by molar-refractivity contribution is 5.81. The zero-order valence-corrected chi connectivity index (χ0v) is 10.7. The highest BCUT2D eigenvalue weighted by Crippen LogP contribution is 2.18. The molecule has 0 bridgehead atoms. The van der Waals surface area contributed by atoms with Crippen LogP contribution in [-0.4, -0.2) is 42.3 Å². The molecule has 0 saturated carbocycles. The molecule has 0 radical (unpaired) electrons. The number of amides is 1. The van der Waals surface area contributed by atoms with Gasteiger partial charge in [0.15, 0.2) is 0 Å². The van der Waals surface area contributed by atoms with Crippen molar-refractivity contribution in [3.05, 3.63) is 0 Å². The van der Waals surface area contributed by atoms with Crippen molar-refractivity contribution in [1.29, 1.82) is 0 Å². The fourth-order valence-corrected chi connectivity index (χ4v) is 1.93. The summed E-state index contributed by atoms with van der Waals surface area (Å²) in [5.41, 5.74) is 5.47. The summed E-state index contributed by atoms with van der Waals surface area (Å²) < 4.78 is 5.46. The summed E-state index contributed by atoms with van der Waals surface area (Å²) >= 11 is 0. The lowest BCUT2D eigenvalue weighted by molar-refractivity contribution is -0.141. The number of nitrogens with two attached hydrogens (primary N) is 1. The molecule has 1 heterocycles. The SMILES string of the molecule is CC(CCCNC(=O)C1CCC(CN)O1)C(=O)O. The molecule has 6 heteroatoms. The minimum Gasteiger partial charge on any atom is -0.481 e. The van der Waals surface area contributed by atoms with Crippen molar-refractivity contribution in [2.45, 2.75) is 44.8 Å². The normalized spacial score (nSPS) is 24.8. The number of nitrogens with one attached hydrogen (secondary N) is 1. The van der Waals surface area contributed by atoms with Crippen LogP contribution in [0.5, 0.6) is 0 Å². The molecule has 6 nitrogen and oxygen atoms in total. The van der Waals surface area contributed by atoms with Gasteiger partial charge < -0.3 is 20.9 Å². The first-order valence-corrected chi connectivity index (χ1v) is 6.40. The van der Waals surface area contributed by atoms with Crippen LogP contribution in [0.25, 0.3) is 0 Å². The molecule has 3 unspecified atom stereocenters. The average Bonchev–Trinajstić information content (AvgIpc) is 2.82. The van der Waals surface area contributed by atoms with Crippen molar-refractivity contribution in [2.24, 2.45) is 11.7 Å². The molecule has 1 saturated heterocycles. The standard InChI is InChI=1S/C12H22N2O4/c1-8(12(16)17)3-2-6-14-11(15)10-5-4-9(7-13)18-10/h8-10H,2-7,13H2,1H3,(H,14,15)(H,16,17). The van der Waals surface area contributed by atoms with Crippen LogP contribution in [0.1, 0.15) is 32.6 Å². The molecule has 0 spiro atoms. The second-order valence-electron chi connectivity index (χ2n) is 4.73. The Hall–Kier alpha value is -1.14. The van der Waals surface area contributed by atoms with Gasteiger partial charge in [0, 0.05) is 13.1 Å². The smallest absolute Gasteiger partial charge is 0.306 e. The average molecular weight is 258 g/mol. The van der Waals surface area contributed by atoms with E-state index in [1.54, 1.807) is 6.92 Å². The lowest BCUT2D eigenvalue weighted by Gasteiger charge is -2.13. The van der Waals surface area contributed by atoms with Crippen LogP contribution in [0.4, 0.5) is 0 Å². The third-order valence-corrected chi connectivity index (χ3v) is 3.20. The number of carboxylic acid groups (broad SMARTS) is 1. The quantitative estimate of drug-likeness (QED) is 0.563. The van der Waals surface area contributed by atoms with E-state index in [0.717, 1.165) is 6.42 Å². The van der Waals surface area contributed by atoms with Crippen molar-refractivity contribution in [3.63, 3.8) is 0 Å². The van der Waals surface area contributed by atoms with E-state index < -0.39 is 12.1 Å². The topological polar surface area (TPSA) is 102 Å². The second-order valence-corrected chi connectivity index (χ2v) is 4.73. The molecule has 1 fully saturated rings. The van der Waals surface area contributed by atoms with Gasteiger partial charge >= 0.3 is 5.97 Å². The van der Waals surface area contributed by atoms with Gasteiger partial charge in [-0.15, -0.1) is 0 Å². The Morgan fingerprint density at radius 2 is 2.22 bits per heavy atom. The maximum absolute atomic E-state index is 11.7. The van der Waals surface area contributed by atoms with Gasteiger partial charge in [-0.3, -0.25) is 9.59 Å². The van der Waals surface area contributed by atoms with Crippen molar-refractivity contribution in [3.8, 4) is 0 Å². The van der Waals surface area contributed by atoms with Crippen LogP contribution in [-0.2, 0) is 14.3 Å². The first-order chi connectivity index (χ1) is 8.54. The lowest BCUT2D eigenvalue weighted by Crippen LogP contribution is -2.36. The molecule has 0 aliphatic carbocycles. The third-order valence-electron chi connectivity index (χ3n) is 3.20. The summed E-state index contributed by atoms with van der Waals surface area (Å²) in [5, 5.41) is 11.5. The number of hydrogen-bond acceptors (Lipinski definition) is 4. The minimum absolute atomic E-state index is 0.00668. The first kappa shape index (κ1) is 14.9. The van der Waals surface area contributed by atoms with Crippen molar-refractivity contribution >= 4 is 11.9 Å². The van der Waals surface area contributed by atoms with Crippen molar-refractivity contribution in [2.75, 3.05) is 13.1 Å². The predicted octanol–water partition coefficient (Wildman–Crippen LogP) is 0.110. The molecule has 1 aliphatic rings. The zero-order valence-electron chi connectivity index (χ0n) is 10.7. The van der Waals surface area contributed by atoms with E-state index in [0.29, 0.717) is 32.4 Å².